The molecule has 2 amide bonds. The first kappa shape index (κ1) is 71.8. The van der Waals surface area contributed by atoms with Crippen LogP contribution in [0.1, 0.15) is 116 Å². The van der Waals surface area contributed by atoms with Gasteiger partial charge in [0.05, 0.1) is 67.3 Å². The number of aryl methyl sites for hydroxylation is 2. The lowest BCUT2D eigenvalue weighted by molar-refractivity contribution is -0.119. The van der Waals surface area contributed by atoms with Crippen LogP contribution in [0, 0.1) is 25.5 Å². The molecule has 2 fully saturated rings. The second-order valence-corrected chi connectivity index (χ2v) is 29.1. The Hall–Kier alpha value is -4.02. The summed E-state index contributed by atoms with van der Waals surface area (Å²) in [6, 6.07) is 11.1. The van der Waals surface area contributed by atoms with E-state index in [-0.39, 0.29) is 129 Å². The Balaban J connectivity index is 0.603. The summed E-state index contributed by atoms with van der Waals surface area (Å²) in [4.78, 5) is 28.8. The van der Waals surface area contributed by atoms with Gasteiger partial charge in [0, 0.05) is 102 Å². The summed E-state index contributed by atoms with van der Waals surface area (Å²) >= 11 is 26.0. The van der Waals surface area contributed by atoms with E-state index in [0.29, 0.717) is 102 Å². The minimum atomic E-state index is -4.10. The molecule has 19 nitrogen and oxygen atoms in total. The molecule has 4 aromatic rings. The average molecular weight is 1380 g/mol. The number of ketones is 1. The van der Waals surface area contributed by atoms with Crippen molar-refractivity contribution >= 4 is 78.1 Å². The molecule has 90 heavy (non-hydrogen) atoms. The number of benzene rings is 4. The van der Waals surface area contributed by atoms with Gasteiger partial charge in [-0.15, -0.1) is 0 Å². The molecule has 8 rings (SSSR count). The second-order valence-electron chi connectivity index (χ2n) is 23.6. The van der Waals surface area contributed by atoms with Crippen LogP contribution in [0.4, 0.5) is 13.6 Å². The van der Waals surface area contributed by atoms with Gasteiger partial charge in [0.1, 0.15) is 18.0 Å². The molecule has 2 saturated heterocycles. The Morgan fingerprint density at radius 1 is 0.578 bits per heavy atom. The van der Waals surface area contributed by atoms with Crippen molar-refractivity contribution in [3.05, 3.63) is 114 Å². The summed E-state index contributed by atoms with van der Waals surface area (Å²) < 4.78 is 122. The van der Waals surface area contributed by atoms with E-state index in [2.05, 4.69) is 25.2 Å². The van der Waals surface area contributed by atoms with Crippen molar-refractivity contribution < 1.29 is 63.6 Å². The summed E-state index contributed by atoms with van der Waals surface area (Å²) in [5.74, 6) is -1.88. The van der Waals surface area contributed by atoms with Crippen LogP contribution in [0.25, 0.3) is 0 Å². The molecular formula is C63H85Cl4F2N7O12S2. The van der Waals surface area contributed by atoms with Crippen molar-refractivity contribution in [1.82, 2.24) is 25.2 Å². The monoisotopic (exact) mass is 1370 g/mol. The van der Waals surface area contributed by atoms with Crippen molar-refractivity contribution in [2.45, 2.75) is 143 Å². The van der Waals surface area contributed by atoms with Crippen LogP contribution in [-0.2, 0) is 56.4 Å². The zero-order chi connectivity index (χ0) is 64.5. The predicted octanol–water partition coefficient (Wildman–Crippen LogP) is 9.55. The van der Waals surface area contributed by atoms with E-state index < -0.39 is 43.7 Å². The molecule has 7 N–H and O–H groups in total. The summed E-state index contributed by atoms with van der Waals surface area (Å²) in [6.07, 6.45) is 7.34. The predicted molar refractivity (Wildman–Crippen MR) is 344 cm³/mol. The number of carbonyl (C=O) groups is 2. The highest BCUT2D eigenvalue weighted by Crippen LogP contribution is 2.46. The molecule has 0 spiro atoms. The lowest BCUT2D eigenvalue weighted by Gasteiger charge is -2.38. The summed E-state index contributed by atoms with van der Waals surface area (Å²) in [5.41, 5.74) is 16.6. The SMILES string of the molecule is Cc1cc(O[C@H]2c3cc(Cl)cc(Cl)c3C[C@@H]2N2CCC[C@@H](N)C2)c(F)cc1S(=O)(=O)CCCOCCOCCNC(=O)NCCCCCC(=O)CCCOCCOCCNS(=O)(=O)c1cc(F)c(O[C@H]2c3cc(Cl)cc(Cl)c3C[C@@H]2N2CCC[C@@H](N)C2)cc1C. The molecule has 0 unspecified atom stereocenters. The number of halogens is 6. The first-order valence-corrected chi connectivity index (χ1v) is 35.7. The normalized spacial score (nSPS) is 20.5. The van der Waals surface area contributed by atoms with Gasteiger partial charge < -0.3 is 50.5 Å². The standard InChI is InChI=1S/C63H85Cl4F2N7O12S2/c1-40-28-57(87-61-49-30-42(64)32-51(66)47(49)34-55(61)75-17-6-10-44(70)38-75)53(68)36-59(40)89(79,80)27-9-20-84-24-25-85-21-15-73-63(78)72-14-5-3-4-12-46(77)13-8-19-83-23-26-86-22-16-74-90(81,82)60-37-54(69)58(29-41(60)2)88-62-50-31-43(65)33-52(67)48(50)35-56(62)76-18-7-11-45(71)39-76/h28-33,36-37,44-45,55-56,61-62,74H,3-27,34-35,38-39,70-71H2,1-2H3,(H2,72,73,78)/t44-,45-,55+,56+,61+,62+/m1/s1. The number of nitrogens with two attached hydrogens (primary N) is 2. The van der Waals surface area contributed by atoms with Gasteiger partial charge in [-0.2, -0.15) is 0 Å². The minimum Gasteiger partial charge on any atom is -0.481 e. The van der Waals surface area contributed by atoms with E-state index in [0.717, 1.165) is 79.6 Å². The Kier molecular flexibility index (Phi) is 27.5. The fourth-order valence-corrected chi connectivity index (χ4v) is 16.2. The number of nitrogens with zero attached hydrogens (tertiary/aromatic N) is 2. The quantitative estimate of drug-likeness (QED) is 0.0269. The number of hydrogen-bond acceptors (Lipinski definition) is 16. The number of unbranched alkanes of at least 4 members (excludes halogenated alkanes) is 2. The van der Waals surface area contributed by atoms with Gasteiger partial charge in [-0.25, -0.2) is 35.1 Å². The minimum absolute atomic E-state index is 0.00546. The number of amides is 2. The molecule has 2 aliphatic heterocycles. The number of sulfonamides is 1. The highest BCUT2D eigenvalue weighted by atomic mass is 35.5. The van der Waals surface area contributed by atoms with E-state index >= 15 is 8.78 Å². The highest BCUT2D eigenvalue weighted by molar-refractivity contribution is 7.91. The number of Topliss-reactive ketones (excluding diaryl/α,β-unsaturated/α-hetero) is 1. The molecule has 4 aromatic carbocycles. The van der Waals surface area contributed by atoms with Crippen molar-refractivity contribution in [3.8, 4) is 11.5 Å². The molecule has 6 atom stereocenters. The second kappa shape index (κ2) is 34.4. The lowest BCUT2D eigenvalue weighted by atomic mass is 10.0. The number of sulfone groups is 1. The van der Waals surface area contributed by atoms with Gasteiger partial charge in [-0.3, -0.25) is 14.6 Å². The van der Waals surface area contributed by atoms with Gasteiger partial charge in [0.15, 0.2) is 33.0 Å². The third-order valence-corrected chi connectivity index (χ3v) is 21.4. The molecule has 0 aromatic heterocycles. The number of hydrogen-bond donors (Lipinski definition) is 5. The van der Waals surface area contributed by atoms with E-state index in [4.69, 9.17) is 86.3 Å². The third-order valence-electron chi connectivity index (χ3n) is 16.7. The van der Waals surface area contributed by atoms with Crippen molar-refractivity contribution in [3.63, 3.8) is 0 Å². The van der Waals surface area contributed by atoms with Crippen LogP contribution in [0.5, 0.6) is 11.5 Å². The zero-order valence-corrected chi connectivity index (χ0v) is 55.8. The van der Waals surface area contributed by atoms with Crippen molar-refractivity contribution in [2.75, 3.05) is 104 Å². The fourth-order valence-electron chi connectivity index (χ4n) is 12.2. The van der Waals surface area contributed by atoms with E-state index in [1.165, 1.54) is 12.1 Å². The summed E-state index contributed by atoms with van der Waals surface area (Å²) in [7, 11) is -7.96. The maximum Gasteiger partial charge on any atom is 0.314 e. The van der Waals surface area contributed by atoms with Crippen LogP contribution < -0.4 is 36.3 Å². The topological polar surface area (TPSA) is 252 Å². The molecule has 0 radical (unpaired) electrons. The molecule has 2 heterocycles. The van der Waals surface area contributed by atoms with Crippen LogP contribution in [-0.4, -0.2) is 167 Å². The number of piperidine rings is 2. The van der Waals surface area contributed by atoms with Crippen molar-refractivity contribution in [2.24, 2.45) is 11.5 Å². The maximum atomic E-state index is 15.8. The number of fused-ring (bicyclic) bond motifs is 2. The summed E-state index contributed by atoms with van der Waals surface area (Å²) in [6.45, 7) is 8.53. The zero-order valence-electron chi connectivity index (χ0n) is 51.1. The molecule has 0 bridgehead atoms. The molecule has 2 aliphatic carbocycles. The molecule has 498 valence electrons. The number of carbonyl (C=O) groups excluding carboxylic acids is 2. The number of urea groups is 1. The number of nitrogens with one attached hydrogen (secondary N) is 3. The van der Waals surface area contributed by atoms with E-state index in [1.807, 2.05) is 0 Å². The number of rotatable bonds is 35. The van der Waals surface area contributed by atoms with Crippen molar-refractivity contribution in [1.29, 1.82) is 0 Å². The Morgan fingerprint density at radius 3 is 1.60 bits per heavy atom. The molecule has 4 aliphatic rings. The van der Waals surface area contributed by atoms with Crippen LogP contribution in [0.2, 0.25) is 20.1 Å². The largest absolute Gasteiger partial charge is 0.481 e. The Bertz CT molecular complexity index is 3110. The van der Waals surface area contributed by atoms with Crippen LogP contribution in [0.15, 0.2) is 58.3 Å². The van der Waals surface area contributed by atoms with Gasteiger partial charge in [-0.1, -0.05) is 52.8 Å². The first-order chi connectivity index (χ1) is 43.1. The van der Waals surface area contributed by atoms with Gasteiger partial charge in [0.25, 0.3) is 0 Å². The third kappa shape index (κ3) is 20.3. The number of likely N-dealkylation sites (tertiary alicyclic amines) is 2. The smallest absolute Gasteiger partial charge is 0.314 e. The van der Waals surface area contributed by atoms with Gasteiger partial charge in [0.2, 0.25) is 10.0 Å². The van der Waals surface area contributed by atoms with Gasteiger partial charge >= 0.3 is 6.03 Å². The summed E-state index contributed by atoms with van der Waals surface area (Å²) in [5, 5.41) is 7.41. The molecular weight excluding hydrogens is 1290 g/mol. The van der Waals surface area contributed by atoms with Crippen LogP contribution in [0.3, 0.4) is 0 Å². The fraction of sp³-hybridized carbons (Fsp3) is 0.587. The highest BCUT2D eigenvalue weighted by Gasteiger charge is 2.43. The van der Waals surface area contributed by atoms with E-state index in [9.17, 15) is 26.4 Å². The van der Waals surface area contributed by atoms with Gasteiger partial charge in [-0.05, 0) is 162 Å². The van der Waals surface area contributed by atoms with E-state index in [1.54, 1.807) is 38.1 Å². The first-order valence-electron chi connectivity index (χ1n) is 31.0. The van der Waals surface area contributed by atoms with Crippen LogP contribution >= 0.6 is 46.4 Å². The Morgan fingerprint density at radius 2 is 1.06 bits per heavy atom. The molecule has 0 saturated carbocycles. The molecule has 27 heteroatoms. The average Bonchev–Trinajstić information content (AvgIpc) is 1.66. The Labute approximate surface area is 548 Å². The maximum absolute atomic E-state index is 15.8. The lowest BCUT2D eigenvalue weighted by Crippen LogP contribution is -2.49. The number of ether oxygens (including phenoxy) is 6.